The van der Waals surface area contributed by atoms with Gasteiger partial charge in [-0.1, -0.05) is 28.1 Å². The molecule has 0 bridgehead atoms. The van der Waals surface area contributed by atoms with Gasteiger partial charge in [-0.15, -0.1) is 0 Å². The first-order chi connectivity index (χ1) is 9.02. The molecule has 2 rings (SSSR count). The third-order valence-electron chi connectivity index (χ3n) is 3.51. The molecule has 0 radical (unpaired) electrons. The van der Waals surface area contributed by atoms with Crippen LogP contribution in [-0.4, -0.2) is 16.6 Å². The Balaban J connectivity index is 2.27. The van der Waals surface area contributed by atoms with Crippen LogP contribution >= 0.6 is 15.9 Å². The van der Waals surface area contributed by atoms with Crippen molar-refractivity contribution >= 4 is 15.9 Å². The molecule has 0 fully saturated rings. The van der Waals surface area contributed by atoms with Crippen LogP contribution in [-0.2, 0) is 20.0 Å². The summed E-state index contributed by atoms with van der Waals surface area (Å²) in [6.45, 7) is 5.03. The fraction of sp³-hybridized carbons (Fsp3) is 0.400. The van der Waals surface area contributed by atoms with E-state index in [-0.39, 0.29) is 0 Å². The monoisotopic (exact) mass is 321 g/mol. The number of halogens is 1. The summed E-state index contributed by atoms with van der Waals surface area (Å²) in [7, 11) is 4.02. The summed E-state index contributed by atoms with van der Waals surface area (Å²) in [6, 6.07) is 6.50. The van der Waals surface area contributed by atoms with Crippen LogP contribution in [0, 0.1) is 13.8 Å². The predicted molar refractivity (Wildman–Crippen MR) is 82.4 cm³/mol. The third-order valence-corrected chi connectivity index (χ3v) is 4.37. The summed E-state index contributed by atoms with van der Waals surface area (Å²) in [5.41, 5.74) is 4.94. The first-order valence-corrected chi connectivity index (χ1v) is 7.23. The summed E-state index contributed by atoms with van der Waals surface area (Å²) >= 11 is 3.59. The second-order valence-electron chi connectivity index (χ2n) is 4.91. The molecular weight excluding hydrogens is 302 g/mol. The maximum atomic E-state index is 4.73. The van der Waals surface area contributed by atoms with E-state index >= 15 is 0 Å². The topological polar surface area (TPSA) is 29.9 Å². The third kappa shape index (κ3) is 3.07. The molecule has 0 aliphatic rings. The lowest BCUT2D eigenvalue weighted by Crippen LogP contribution is -2.10. The van der Waals surface area contributed by atoms with Crippen LogP contribution in [0.25, 0.3) is 0 Å². The van der Waals surface area contributed by atoms with Crippen LogP contribution in [0.4, 0.5) is 0 Å². The number of nitrogens with zero attached hydrogens (tertiary/aromatic N) is 2. The largest absolute Gasteiger partial charge is 0.334 e. The molecule has 1 heterocycles. The van der Waals surface area contributed by atoms with E-state index in [1.807, 2.05) is 7.05 Å². The molecule has 4 heteroatoms. The predicted octanol–water partition coefficient (Wildman–Crippen LogP) is 3.11. The van der Waals surface area contributed by atoms with E-state index in [0.29, 0.717) is 0 Å². The molecule has 2 aromatic rings. The molecule has 0 unspecified atom stereocenters. The zero-order valence-electron chi connectivity index (χ0n) is 11.9. The minimum Gasteiger partial charge on any atom is -0.334 e. The van der Waals surface area contributed by atoms with Gasteiger partial charge in [0, 0.05) is 23.6 Å². The molecule has 1 aromatic carbocycles. The lowest BCUT2D eigenvalue weighted by Gasteiger charge is -2.04. The van der Waals surface area contributed by atoms with Gasteiger partial charge >= 0.3 is 0 Å². The molecule has 0 aliphatic heterocycles. The van der Waals surface area contributed by atoms with Gasteiger partial charge in [0.1, 0.15) is 5.82 Å². The molecule has 0 saturated heterocycles. The Kier molecular flexibility index (Phi) is 4.42. The van der Waals surface area contributed by atoms with E-state index in [1.54, 1.807) is 0 Å². The average molecular weight is 322 g/mol. The number of benzene rings is 1. The zero-order chi connectivity index (χ0) is 14.0. The van der Waals surface area contributed by atoms with E-state index in [1.165, 1.54) is 16.8 Å². The second-order valence-corrected chi connectivity index (χ2v) is 5.76. The molecule has 0 aliphatic carbocycles. The maximum Gasteiger partial charge on any atom is 0.122 e. The van der Waals surface area contributed by atoms with Crippen molar-refractivity contribution in [1.29, 1.82) is 0 Å². The highest BCUT2D eigenvalue weighted by molar-refractivity contribution is 9.10. The maximum absolute atomic E-state index is 4.73. The van der Waals surface area contributed by atoms with Gasteiger partial charge in [0.2, 0.25) is 0 Å². The number of nitrogens with one attached hydrogen (secondary N) is 1. The Morgan fingerprint density at radius 3 is 2.68 bits per heavy atom. The highest BCUT2D eigenvalue weighted by Crippen LogP contribution is 2.20. The molecule has 1 N–H and O–H groups in total. The van der Waals surface area contributed by atoms with Crippen molar-refractivity contribution in [1.82, 2.24) is 14.9 Å². The van der Waals surface area contributed by atoms with E-state index in [9.17, 15) is 0 Å². The number of aromatic nitrogens is 2. The van der Waals surface area contributed by atoms with Crippen molar-refractivity contribution in [2.75, 3.05) is 7.05 Å². The first kappa shape index (κ1) is 14.3. The van der Waals surface area contributed by atoms with E-state index in [4.69, 9.17) is 4.98 Å². The Morgan fingerprint density at radius 1 is 1.32 bits per heavy atom. The second kappa shape index (κ2) is 5.88. The average Bonchev–Trinajstić information content (AvgIpc) is 2.63. The van der Waals surface area contributed by atoms with Crippen LogP contribution in [0.3, 0.4) is 0 Å². The van der Waals surface area contributed by atoms with E-state index in [2.05, 4.69) is 64.9 Å². The van der Waals surface area contributed by atoms with Crippen molar-refractivity contribution in [2.45, 2.75) is 26.8 Å². The Hall–Kier alpha value is -1.13. The van der Waals surface area contributed by atoms with Crippen LogP contribution in [0.2, 0.25) is 0 Å². The number of hydrogen-bond donors (Lipinski definition) is 1. The fourth-order valence-electron chi connectivity index (χ4n) is 2.12. The van der Waals surface area contributed by atoms with Gasteiger partial charge in [0.15, 0.2) is 0 Å². The highest BCUT2D eigenvalue weighted by Gasteiger charge is 2.11. The Labute approximate surface area is 123 Å². The summed E-state index contributed by atoms with van der Waals surface area (Å²) in [6.07, 6.45) is 0.877. The summed E-state index contributed by atoms with van der Waals surface area (Å²) in [5.74, 6) is 1.08. The van der Waals surface area contributed by atoms with Crippen LogP contribution in [0.1, 0.15) is 28.3 Å². The molecule has 0 saturated carbocycles. The van der Waals surface area contributed by atoms with Gasteiger partial charge in [-0.3, -0.25) is 0 Å². The highest BCUT2D eigenvalue weighted by atomic mass is 79.9. The summed E-state index contributed by atoms with van der Waals surface area (Å²) < 4.78 is 3.32. The van der Waals surface area contributed by atoms with Gasteiger partial charge in [0.05, 0.1) is 12.2 Å². The van der Waals surface area contributed by atoms with Gasteiger partial charge in [-0.2, -0.15) is 0 Å². The molecule has 19 heavy (non-hydrogen) atoms. The zero-order valence-corrected chi connectivity index (χ0v) is 13.5. The first-order valence-electron chi connectivity index (χ1n) is 6.43. The molecule has 0 spiro atoms. The van der Waals surface area contributed by atoms with Crippen molar-refractivity contribution in [2.24, 2.45) is 7.05 Å². The van der Waals surface area contributed by atoms with Crippen LogP contribution in [0.15, 0.2) is 22.7 Å². The minimum absolute atomic E-state index is 0.801. The molecule has 0 atom stereocenters. The number of hydrogen-bond acceptors (Lipinski definition) is 2. The standard InChI is InChI=1S/C15H20BrN3/c1-10-5-6-12(7-13(10)16)8-14-11(2)19(4)15(18-14)9-17-3/h5-7,17H,8-9H2,1-4H3. The van der Waals surface area contributed by atoms with Gasteiger partial charge in [0.25, 0.3) is 0 Å². The van der Waals surface area contributed by atoms with Crippen LogP contribution < -0.4 is 5.32 Å². The van der Waals surface area contributed by atoms with Gasteiger partial charge in [-0.05, 0) is 38.1 Å². The smallest absolute Gasteiger partial charge is 0.122 e. The van der Waals surface area contributed by atoms with Crippen molar-refractivity contribution in [3.63, 3.8) is 0 Å². The Morgan fingerprint density at radius 2 is 2.05 bits per heavy atom. The lowest BCUT2D eigenvalue weighted by atomic mass is 10.1. The summed E-state index contributed by atoms with van der Waals surface area (Å²) in [5, 5.41) is 3.15. The van der Waals surface area contributed by atoms with Gasteiger partial charge < -0.3 is 9.88 Å². The van der Waals surface area contributed by atoms with Gasteiger partial charge in [-0.25, -0.2) is 4.98 Å². The fourth-order valence-corrected chi connectivity index (χ4v) is 2.55. The van der Waals surface area contributed by atoms with Crippen molar-refractivity contribution < 1.29 is 0 Å². The van der Waals surface area contributed by atoms with E-state index in [0.717, 1.165) is 29.0 Å². The normalized spacial score (nSPS) is 11.0. The number of imidazole rings is 1. The molecule has 3 nitrogen and oxygen atoms in total. The van der Waals surface area contributed by atoms with Crippen molar-refractivity contribution in [3.8, 4) is 0 Å². The SMILES string of the molecule is CNCc1nc(Cc2ccc(C)c(Br)c2)c(C)n1C. The molecule has 102 valence electrons. The minimum atomic E-state index is 0.801. The Bertz CT molecular complexity index is 587. The van der Waals surface area contributed by atoms with Crippen LogP contribution in [0.5, 0.6) is 0 Å². The molecule has 1 aromatic heterocycles. The lowest BCUT2D eigenvalue weighted by molar-refractivity contribution is 0.700. The molecular formula is C15H20BrN3. The van der Waals surface area contributed by atoms with E-state index < -0.39 is 0 Å². The molecule has 0 amide bonds. The number of aryl methyl sites for hydroxylation is 1. The number of rotatable bonds is 4. The van der Waals surface area contributed by atoms with Crippen molar-refractivity contribution in [3.05, 3.63) is 51.0 Å². The summed E-state index contributed by atoms with van der Waals surface area (Å²) in [4.78, 5) is 4.73. The quantitative estimate of drug-likeness (QED) is 0.937.